The van der Waals surface area contributed by atoms with Crippen LogP contribution >= 0.6 is 0 Å². The minimum absolute atomic E-state index is 0.159. The zero-order chi connectivity index (χ0) is 14.3. The van der Waals surface area contributed by atoms with E-state index >= 15 is 0 Å². The second-order valence-corrected chi connectivity index (χ2v) is 4.45. The first-order chi connectivity index (χ1) is 9.08. The molecule has 0 saturated carbocycles. The Morgan fingerprint density at radius 3 is 2.37 bits per heavy atom. The monoisotopic (exact) mass is 264 g/mol. The third kappa shape index (κ3) is 4.73. The van der Waals surface area contributed by atoms with Crippen LogP contribution in [0.4, 0.5) is 0 Å². The van der Waals surface area contributed by atoms with Gasteiger partial charge in [-0.2, -0.15) is 0 Å². The lowest BCUT2D eigenvalue weighted by atomic mass is 10.1. The molecule has 0 saturated heterocycles. The van der Waals surface area contributed by atoms with Crippen molar-refractivity contribution in [2.45, 2.75) is 26.7 Å². The number of carbonyl (C=O) groups excluding carboxylic acids is 2. The normalized spacial score (nSPS) is 11.7. The topological polar surface area (TPSA) is 52.6 Å². The summed E-state index contributed by atoms with van der Waals surface area (Å²) >= 11 is 0. The van der Waals surface area contributed by atoms with Crippen LogP contribution in [0.2, 0.25) is 0 Å². The Hall–Kier alpha value is -1.84. The highest BCUT2D eigenvalue weighted by molar-refractivity contribution is 5.98. The predicted molar refractivity (Wildman–Crippen MR) is 72.4 cm³/mol. The van der Waals surface area contributed by atoms with Gasteiger partial charge in [-0.05, 0) is 30.7 Å². The number of carbonyl (C=O) groups is 2. The summed E-state index contributed by atoms with van der Waals surface area (Å²) in [5.74, 6) is 0.00203. The second kappa shape index (κ2) is 7.56. The number of esters is 1. The average Bonchev–Trinajstić information content (AvgIpc) is 2.44. The van der Waals surface area contributed by atoms with E-state index in [0.717, 1.165) is 12.8 Å². The van der Waals surface area contributed by atoms with Crippen LogP contribution in [0.3, 0.4) is 0 Å². The molecule has 4 nitrogen and oxygen atoms in total. The molecule has 0 amide bonds. The summed E-state index contributed by atoms with van der Waals surface area (Å²) in [4.78, 5) is 23.4. The molecule has 1 atom stereocenters. The van der Waals surface area contributed by atoms with Crippen LogP contribution in [-0.4, -0.2) is 25.5 Å². The fourth-order valence-electron chi connectivity index (χ4n) is 1.69. The van der Waals surface area contributed by atoms with Gasteiger partial charge in [-0.25, -0.2) is 0 Å². The van der Waals surface area contributed by atoms with E-state index in [1.165, 1.54) is 0 Å². The molecule has 0 aliphatic heterocycles. The molecule has 0 aromatic heterocycles. The molecule has 1 rings (SSSR count). The molecule has 0 aliphatic carbocycles. The van der Waals surface area contributed by atoms with Crippen LogP contribution < -0.4 is 4.74 Å². The molecule has 0 unspecified atom stereocenters. The van der Waals surface area contributed by atoms with E-state index in [2.05, 4.69) is 0 Å². The first kappa shape index (κ1) is 15.2. The zero-order valence-electron chi connectivity index (χ0n) is 11.6. The quantitative estimate of drug-likeness (QED) is 0.561. The van der Waals surface area contributed by atoms with Gasteiger partial charge in [0.25, 0.3) is 0 Å². The van der Waals surface area contributed by atoms with Gasteiger partial charge in [0.1, 0.15) is 5.75 Å². The SMILES string of the molecule is CCC[C@@H](C)C(=O)OCC(=O)c1ccc(OC)cc1. The van der Waals surface area contributed by atoms with Crippen LogP contribution in [-0.2, 0) is 9.53 Å². The molecule has 0 aliphatic rings. The molecule has 104 valence electrons. The summed E-state index contributed by atoms with van der Waals surface area (Å²) < 4.78 is 10.0. The third-order valence-corrected chi connectivity index (χ3v) is 2.88. The molecule has 0 fully saturated rings. The summed E-state index contributed by atoms with van der Waals surface area (Å²) in [6.07, 6.45) is 1.69. The van der Waals surface area contributed by atoms with E-state index in [9.17, 15) is 9.59 Å². The summed E-state index contributed by atoms with van der Waals surface area (Å²) in [7, 11) is 1.56. The Bertz CT molecular complexity index is 422. The summed E-state index contributed by atoms with van der Waals surface area (Å²) in [6.45, 7) is 3.61. The minimum Gasteiger partial charge on any atom is -0.497 e. The van der Waals surface area contributed by atoms with Gasteiger partial charge >= 0.3 is 5.97 Å². The summed E-state index contributed by atoms with van der Waals surface area (Å²) in [5.41, 5.74) is 0.511. The highest BCUT2D eigenvalue weighted by Crippen LogP contribution is 2.12. The summed E-state index contributed by atoms with van der Waals surface area (Å²) in [5, 5.41) is 0. The van der Waals surface area contributed by atoms with Crippen molar-refractivity contribution in [1.29, 1.82) is 0 Å². The van der Waals surface area contributed by atoms with Gasteiger partial charge in [-0.3, -0.25) is 9.59 Å². The van der Waals surface area contributed by atoms with Gasteiger partial charge < -0.3 is 9.47 Å². The van der Waals surface area contributed by atoms with Crippen LogP contribution in [0.5, 0.6) is 5.75 Å². The van der Waals surface area contributed by atoms with E-state index < -0.39 is 0 Å². The largest absolute Gasteiger partial charge is 0.497 e. The average molecular weight is 264 g/mol. The lowest BCUT2D eigenvalue weighted by Gasteiger charge is -2.09. The van der Waals surface area contributed by atoms with Crippen LogP contribution in [0, 0.1) is 5.92 Å². The maximum absolute atomic E-state index is 11.8. The highest BCUT2D eigenvalue weighted by Gasteiger charge is 2.15. The van der Waals surface area contributed by atoms with E-state index in [-0.39, 0.29) is 24.3 Å². The van der Waals surface area contributed by atoms with Crippen LogP contribution in [0.15, 0.2) is 24.3 Å². The number of methoxy groups -OCH3 is 1. The summed E-state index contributed by atoms with van der Waals surface area (Å²) in [6, 6.07) is 6.72. The number of rotatable bonds is 7. The highest BCUT2D eigenvalue weighted by atomic mass is 16.5. The van der Waals surface area contributed by atoms with Crippen molar-refractivity contribution in [3.8, 4) is 5.75 Å². The Kier molecular flexibility index (Phi) is 6.06. The molecular weight excluding hydrogens is 244 g/mol. The predicted octanol–water partition coefficient (Wildman–Crippen LogP) is 2.86. The lowest BCUT2D eigenvalue weighted by molar-refractivity contribution is -0.146. The first-order valence-electron chi connectivity index (χ1n) is 6.42. The molecule has 19 heavy (non-hydrogen) atoms. The number of ether oxygens (including phenoxy) is 2. The van der Waals surface area contributed by atoms with Crippen molar-refractivity contribution in [3.05, 3.63) is 29.8 Å². The standard InChI is InChI=1S/C15H20O4/c1-4-5-11(2)15(17)19-10-14(16)12-6-8-13(18-3)9-7-12/h6-9,11H,4-5,10H2,1-3H3/t11-/m1/s1. The Labute approximate surface area is 113 Å². The molecule has 0 bridgehead atoms. The molecule has 0 spiro atoms. The lowest BCUT2D eigenvalue weighted by Crippen LogP contribution is -2.19. The van der Waals surface area contributed by atoms with Crippen molar-refractivity contribution in [3.63, 3.8) is 0 Å². The van der Waals surface area contributed by atoms with Crippen LogP contribution in [0.1, 0.15) is 37.0 Å². The van der Waals surface area contributed by atoms with Crippen molar-refractivity contribution in [1.82, 2.24) is 0 Å². The van der Waals surface area contributed by atoms with E-state index in [0.29, 0.717) is 11.3 Å². The molecule has 0 heterocycles. The van der Waals surface area contributed by atoms with Gasteiger partial charge in [0, 0.05) is 5.56 Å². The maximum atomic E-state index is 11.8. The van der Waals surface area contributed by atoms with Crippen molar-refractivity contribution in [2.24, 2.45) is 5.92 Å². The van der Waals surface area contributed by atoms with E-state index in [4.69, 9.17) is 9.47 Å². The van der Waals surface area contributed by atoms with Crippen molar-refractivity contribution in [2.75, 3.05) is 13.7 Å². The Balaban J connectivity index is 2.48. The van der Waals surface area contributed by atoms with Crippen molar-refractivity contribution >= 4 is 11.8 Å². The fourth-order valence-corrected chi connectivity index (χ4v) is 1.69. The number of hydrogen-bond acceptors (Lipinski definition) is 4. The number of ketones is 1. The maximum Gasteiger partial charge on any atom is 0.309 e. The second-order valence-electron chi connectivity index (χ2n) is 4.45. The molecular formula is C15H20O4. The number of Topliss-reactive ketones (excluding diaryl/α,β-unsaturated/α-hetero) is 1. The first-order valence-corrected chi connectivity index (χ1v) is 6.42. The third-order valence-electron chi connectivity index (χ3n) is 2.88. The van der Waals surface area contributed by atoms with Gasteiger partial charge in [-0.1, -0.05) is 20.3 Å². The number of hydrogen-bond donors (Lipinski definition) is 0. The Morgan fingerprint density at radius 1 is 1.21 bits per heavy atom. The van der Waals surface area contributed by atoms with E-state index in [1.807, 2.05) is 13.8 Å². The van der Waals surface area contributed by atoms with Gasteiger partial charge in [-0.15, -0.1) is 0 Å². The minimum atomic E-state index is -0.316. The fraction of sp³-hybridized carbons (Fsp3) is 0.467. The van der Waals surface area contributed by atoms with Gasteiger partial charge in [0.2, 0.25) is 0 Å². The van der Waals surface area contributed by atoms with Gasteiger partial charge in [0.05, 0.1) is 13.0 Å². The molecule has 1 aromatic rings. The van der Waals surface area contributed by atoms with Gasteiger partial charge in [0.15, 0.2) is 12.4 Å². The molecule has 0 radical (unpaired) electrons. The van der Waals surface area contributed by atoms with Crippen molar-refractivity contribution < 1.29 is 19.1 Å². The smallest absolute Gasteiger partial charge is 0.309 e. The Morgan fingerprint density at radius 2 is 1.84 bits per heavy atom. The number of benzene rings is 1. The van der Waals surface area contributed by atoms with Crippen LogP contribution in [0.25, 0.3) is 0 Å². The molecule has 0 N–H and O–H groups in total. The molecule has 4 heteroatoms. The zero-order valence-corrected chi connectivity index (χ0v) is 11.6. The molecule has 1 aromatic carbocycles. The van der Waals surface area contributed by atoms with E-state index in [1.54, 1.807) is 31.4 Å².